The number of nitrogens with zero attached hydrogens (tertiary/aromatic N) is 2. The molecular weight excluding hydrogens is 290 g/mol. The molecular formula is C18H29N3O2. The molecule has 0 spiro atoms. The van der Waals surface area contributed by atoms with E-state index in [1.165, 1.54) is 5.69 Å². The first-order chi connectivity index (χ1) is 11.2. The number of para-hydroxylation sites is 1. The van der Waals surface area contributed by atoms with Crippen molar-refractivity contribution in [1.82, 2.24) is 10.2 Å². The maximum atomic E-state index is 12.1. The van der Waals surface area contributed by atoms with Gasteiger partial charge >= 0.3 is 0 Å². The molecule has 5 heteroatoms. The number of carbonyl (C=O) groups is 1. The Morgan fingerprint density at radius 2 is 2.13 bits per heavy atom. The number of hydrogen-bond acceptors (Lipinski definition) is 4. The Bertz CT molecular complexity index is 461. The molecule has 1 aliphatic heterocycles. The largest absolute Gasteiger partial charge is 0.395 e. The smallest absolute Gasteiger partial charge is 0.234 e. The maximum absolute atomic E-state index is 12.1. The second-order valence-corrected chi connectivity index (χ2v) is 6.24. The summed E-state index contributed by atoms with van der Waals surface area (Å²) in [6.07, 6.45) is 2.10. The Morgan fingerprint density at radius 1 is 1.35 bits per heavy atom. The molecule has 0 saturated carbocycles. The fraction of sp³-hybridized carbons (Fsp3) is 0.611. The summed E-state index contributed by atoms with van der Waals surface area (Å²) in [5.41, 5.74) is 1.26. The molecule has 0 radical (unpaired) electrons. The Hall–Kier alpha value is -1.59. The second kappa shape index (κ2) is 9.53. The molecule has 1 aromatic rings. The number of benzene rings is 1. The molecule has 1 aliphatic rings. The molecule has 0 aliphatic carbocycles. The molecule has 1 amide bonds. The summed E-state index contributed by atoms with van der Waals surface area (Å²) < 4.78 is 0. The van der Waals surface area contributed by atoms with Crippen LogP contribution in [0, 0.1) is 5.92 Å². The molecule has 0 aromatic heterocycles. The van der Waals surface area contributed by atoms with E-state index < -0.39 is 0 Å². The molecule has 1 saturated heterocycles. The highest BCUT2D eigenvalue weighted by molar-refractivity contribution is 5.78. The van der Waals surface area contributed by atoms with Crippen molar-refractivity contribution >= 4 is 11.6 Å². The van der Waals surface area contributed by atoms with Crippen molar-refractivity contribution in [1.29, 1.82) is 0 Å². The quantitative estimate of drug-likeness (QED) is 0.721. The molecule has 1 fully saturated rings. The molecule has 1 atom stereocenters. The highest BCUT2D eigenvalue weighted by atomic mass is 16.3. The fourth-order valence-electron chi connectivity index (χ4n) is 3.12. The van der Waals surface area contributed by atoms with Crippen molar-refractivity contribution in [3.63, 3.8) is 0 Å². The van der Waals surface area contributed by atoms with Gasteiger partial charge in [-0.3, -0.25) is 9.69 Å². The zero-order valence-electron chi connectivity index (χ0n) is 14.1. The lowest BCUT2D eigenvalue weighted by Gasteiger charge is -2.21. The zero-order chi connectivity index (χ0) is 16.5. The van der Waals surface area contributed by atoms with Gasteiger partial charge in [0.25, 0.3) is 0 Å². The van der Waals surface area contributed by atoms with Crippen LogP contribution in [0.5, 0.6) is 0 Å². The summed E-state index contributed by atoms with van der Waals surface area (Å²) in [4.78, 5) is 16.4. The number of aliphatic hydroxyl groups excluding tert-OH is 1. The van der Waals surface area contributed by atoms with Crippen LogP contribution in [-0.2, 0) is 4.79 Å². The van der Waals surface area contributed by atoms with Crippen LogP contribution in [-0.4, -0.2) is 61.8 Å². The number of amides is 1. The highest BCUT2D eigenvalue weighted by Crippen LogP contribution is 2.22. The molecule has 2 N–H and O–H groups in total. The lowest BCUT2D eigenvalue weighted by Crippen LogP contribution is -2.40. The lowest BCUT2D eigenvalue weighted by molar-refractivity contribution is -0.122. The number of aliphatic hydroxyl groups is 1. The van der Waals surface area contributed by atoms with Gasteiger partial charge in [0.05, 0.1) is 13.2 Å². The van der Waals surface area contributed by atoms with Crippen LogP contribution in [0.2, 0.25) is 0 Å². The van der Waals surface area contributed by atoms with Gasteiger partial charge in [-0.1, -0.05) is 25.1 Å². The lowest BCUT2D eigenvalue weighted by atomic mass is 10.1. The van der Waals surface area contributed by atoms with Gasteiger partial charge in [-0.25, -0.2) is 0 Å². The van der Waals surface area contributed by atoms with E-state index in [0.29, 0.717) is 19.0 Å². The van der Waals surface area contributed by atoms with Crippen LogP contribution in [0.25, 0.3) is 0 Å². The molecule has 5 nitrogen and oxygen atoms in total. The number of rotatable bonds is 9. The molecule has 0 bridgehead atoms. The molecule has 128 valence electrons. The molecule has 1 aromatic carbocycles. The monoisotopic (exact) mass is 319 g/mol. The van der Waals surface area contributed by atoms with Gasteiger partial charge in [0.2, 0.25) is 5.91 Å². The van der Waals surface area contributed by atoms with Crippen LogP contribution in [0.3, 0.4) is 0 Å². The van der Waals surface area contributed by atoms with Crippen molar-refractivity contribution in [2.24, 2.45) is 5.92 Å². The van der Waals surface area contributed by atoms with Gasteiger partial charge in [-0.2, -0.15) is 0 Å². The summed E-state index contributed by atoms with van der Waals surface area (Å²) in [6.45, 7) is 6.76. The summed E-state index contributed by atoms with van der Waals surface area (Å²) >= 11 is 0. The fourth-order valence-corrected chi connectivity index (χ4v) is 3.12. The topological polar surface area (TPSA) is 55.8 Å². The molecule has 1 heterocycles. The van der Waals surface area contributed by atoms with Crippen molar-refractivity contribution in [3.8, 4) is 0 Å². The summed E-state index contributed by atoms with van der Waals surface area (Å²) in [6, 6.07) is 10.4. The van der Waals surface area contributed by atoms with E-state index in [2.05, 4.69) is 41.4 Å². The third-order valence-electron chi connectivity index (χ3n) is 4.32. The summed E-state index contributed by atoms with van der Waals surface area (Å²) in [7, 11) is 0. The van der Waals surface area contributed by atoms with Crippen LogP contribution >= 0.6 is 0 Å². The van der Waals surface area contributed by atoms with E-state index in [9.17, 15) is 4.79 Å². The standard InChI is InChI=1S/C18H29N3O2/c1-2-9-20(11-12-22)15-18(23)19-13-16-8-10-21(14-16)17-6-4-3-5-7-17/h3-7,16,22H,2,8-15H2,1H3,(H,19,23). The summed E-state index contributed by atoms with van der Waals surface area (Å²) in [5.74, 6) is 0.571. The molecule has 1 unspecified atom stereocenters. The van der Waals surface area contributed by atoms with E-state index in [1.54, 1.807) is 0 Å². The Morgan fingerprint density at radius 3 is 2.83 bits per heavy atom. The number of carbonyl (C=O) groups excluding carboxylic acids is 1. The van der Waals surface area contributed by atoms with Crippen LogP contribution in [0.1, 0.15) is 19.8 Å². The second-order valence-electron chi connectivity index (χ2n) is 6.24. The normalized spacial score (nSPS) is 17.7. The Balaban J connectivity index is 1.71. The van der Waals surface area contributed by atoms with E-state index >= 15 is 0 Å². The predicted octanol–water partition coefficient (Wildman–Crippen LogP) is 1.33. The minimum absolute atomic E-state index is 0.0602. The molecule has 23 heavy (non-hydrogen) atoms. The number of hydrogen-bond donors (Lipinski definition) is 2. The zero-order valence-corrected chi connectivity index (χ0v) is 14.1. The van der Waals surface area contributed by atoms with Crippen LogP contribution in [0.15, 0.2) is 30.3 Å². The van der Waals surface area contributed by atoms with Crippen molar-refractivity contribution in [2.45, 2.75) is 19.8 Å². The Labute approximate surface area is 139 Å². The average Bonchev–Trinajstić information content (AvgIpc) is 3.03. The third kappa shape index (κ3) is 5.84. The maximum Gasteiger partial charge on any atom is 0.234 e. The minimum atomic E-state index is 0.0602. The first kappa shape index (κ1) is 17.8. The van der Waals surface area contributed by atoms with E-state index in [4.69, 9.17) is 5.11 Å². The van der Waals surface area contributed by atoms with Crippen molar-refractivity contribution in [2.75, 3.05) is 50.8 Å². The SMILES string of the molecule is CCCN(CCO)CC(=O)NCC1CCN(c2ccccc2)C1. The first-order valence-electron chi connectivity index (χ1n) is 8.62. The predicted molar refractivity (Wildman–Crippen MR) is 93.6 cm³/mol. The first-order valence-corrected chi connectivity index (χ1v) is 8.62. The molecule has 2 rings (SSSR count). The minimum Gasteiger partial charge on any atom is -0.395 e. The van der Waals surface area contributed by atoms with Gasteiger partial charge in [0.15, 0.2) is 0 Å². The van der Waals surface area contributed by atoms with E-state index in [0.717, 1.165) is 39.0 Å². The van der Waals surface area contributed by atoms with Gasteiger partial charge in [-0.15, -0.1) is 0 Å². The van der Waals surface area contributed by atoms with E-state index in [-0.39, 0.29) is 12.5 Å². The van der Waals surface area contributed by atoms with Crippen LogP contribution < -0.4 is 10.2 Å². The van der Waals surface area contributed by atoms with Gasteiger partial charge in [0.1, 0.15) is 0 Å². The third-order valence-corrected chi connectivity index (χ3v) is 4.32. The van der Waals surface area contributed by atoms with Gasteiger partial charge < -0.3 is 15.3 Å². The van der Waals surface area contributed by atoms with Crippen molar-refractivity contribution in [3.05, 3.63) is 30.3 Å². The van der Waals surface area contributed by atoms with E-state index in [1.807, 2.05) is 11.0 Å². The average molecular weight is 319 g/mol. The Kier molecular flexibility index (Phi) is 7.36. The van der Waals surface area contributed by atoms with Gasteiger partial charge in [0, 0.05) is 31.9 Å². The number of anilines is 1. The van der Waals surface area contributed by atoms with Crippen molar-refractivity contribution < 1.29 is 9.90 Å². The number of nitrogens with one attached hydrogen (secondary N) is 1. The van der Waals surface area contributed by atoms with Gasteiger partial charge in [-0.05, 0) is 37.4 Å². The summed E-state index contributed by atoms with van der Waals surface area (Å²) in [5, 5.41) is 12.1. The van der Waals surface area contributed by atoms with Crippen LogP contribution in [0.4, 0.5) is 5.69 Å². The highest BCUT2D eigenvalue weighted by Gasteiger charge is 2.23.